The van der Waals surface area contributed by atoms with Crippen LogP contribution in [0, 0.1) is 0 Å². The van der Waals surface area contributed by atoms with E-state index in [1.54, 1.807) is 14.2 Å². The van der Waals surface area contributed by atoms with Gasteiger partial charge in [0.15, 0.2) is 0 Å². The van der Waals surface area contributed by atoms with Gasteiger partial charge in [0.2, 0.25) is 0 Å². The number of ether oxygens (including phenoxy) is 2. The van der Waals surface area contributed by atoms with Crippen molar-refractivity contribution in [3.8, 4) is 5.75 Å². The van der Waals surface area contributed by atoms with Crippen LogP contribution < -0.4 is 4.74 Å². The van der Waals surface area contributed by atoms with Crippen LogP contribution in [-0.4, -0.2) is 30.4 Å². The van der Waals surface area contributed by atoms with Gasteiger partial charge in [-0.2, -0.15) is 0 Å². The van der Waals surface area contributed by atoms with Crippen LogP contribution in [-0.2, 0) is 17.7 Å². The molecular weight excluding hydrogens is 408 g/mol. The molecule has 0 aliphatic carbocycles. The molecule has 1 unspecified atom stereocenters. The van der Waals surface area contributed by atoms with Crippen molar-refractivity contribution in [1.82, 2.24) is 9.55 Å². The number of nitrogens with zero attached hydrogens (tertiary/aromatic N) is 2. The average molecular weight is 435 g/mol. The molecule has 0 bridgehead atoms. The van der Waals surface area contributed by atoms with E-state index in [2.05, 4.69) is 47.9 Å². The summed E-state index contributed by atoms with van der Waals surface area (Å²) in [6, 6.07) is 22.7. The second-order valence-electron chi connectivity index (χ2n) is 7.71. The summed E-state index contributed by atoms with van der Waals surface area (Å²) < 4.78 is 12.9. The van der Waals surface area contributed by atoms with Crippen molar-refractivity contribution in [3.05, 3.63) is 94.3 Å². The largest absolute Gasteiger partial charge is 0.497 e. The maximum Gasteiger partial charge on any atom is 0.121 e. The van der Waals surface area contributed by atoms with Gasteiger partial charge in [-0.05, 0) is 41.3 Å². The first-order valence-corrected chi connectivity index (χ1v) is 10.8. The predicted octanol–water partition coefficient (Wildman–Crippen LogP) is 6.09. The minimum atomic E-state index is 0.123. The van der Waals surface area contributed by atoms with Crippen LogP contribution in [0.25, 0.3) is 11.0 Å². The van der Waals surface area contributed by atoms with Gasteiger partial charge in [-0.1, -0.05) is 61.0 Å². The summed E-state index contributed by atoms with van der Waals surface area (Å²) >= 11 is 6.48. The highest BCUT2D eigenvalue weighted by Crippen LogP contribution is 2.31. The zero-order valence-electron chi connectivity index (χ0n) is 18.1. The lowest BCUT2D eigenvalue weighted by Gasteiger charge is -2.16. The van der Waals surface area contributed by atoms with E-state index >= 15 is 0 Å². The molecule has 5 heteroatoms. The monoisotopic (exact) mass is 434 g/mol. The molecule has 0 spiro atoms. The average Bonchev–Trinajstić information content (AvgIpc) is 3.16. The van der Waals surface area contributed by atoms with Crippen LogP contribution in [0.2, 0.25) is 5.02 Å². The summed E-state index contributed by atoms with van der Waals surface area (Å²) in [6.07, 6.45) is 0.913. The number of rotatable bonds is 8. The van der Waals surface area contributed by atoms with E-state index < -0.39 is 0 Å². The van der Waals surface area contributed by atoms with Gasteiger partial charge in [-0.25, -0.2) is 4.98 Å². The Morgan fingerprint density at radius 3 is 2.48 bits per heavy atom. The van der Waals surface area contributed by atoms with E-state index in [1.807, 2.05) is 30.3 Å². The SMILES string of the molecule is COCCc1ccc(C(C)c2nc3cc(OC)ccc3n2Cc2ccccc2Cl)cc1. The van der Waals surface area contributed by atoms with Crippen LogP contribution in [0.3, 0.4) is 0 Å². The van der Waals surface area contributed by atoms with E-state index in [1.165, 1.54) is 11.1 Å². The molecule has 0 amide bonds. The summed E-state index contributed by atoms with van der Waals surface area (Å²) in [4.78, 5) is 5.02. The number of halogens is 1. The molecule has 4 nitrogen and oxygen atoms in total. The number of aromatic nitrogens is 2. The van der Waals surface area contributed by atoms with Crippen molar-refractivity contribution in [2.75, 3.05) is 20.8 Å². The van der Waals surface area contributed by atoms with Gasteiger partial charge in [0.25, 0.3) is 0 Å². The summed E-state index contributed by atoms with van der Waals surface area (Å²) in [5.74, 6) is 1.93. The Balaban J connectivity index is 1.75. The summed E-state index contributed by atoms with van der Waals surface area (Å²) in [6.45, 7) is 3.59. The maximum absolute atomic E-state index is 6.48. The fraction of sp³-hybridized carbons (Fsp3) is 0.269. The standard InChI is InChI=1S/C26H27ClN2O2/c1-18(20-10-8-19(9-11-20)14-15-30-2)26-28-24-16-22(31-3)12-13-25(24)29(26)17-21-6-4-5-7-23(21)27/h4-13,16,18H,14-15,17H2,1-3H3. The number of fused-ring (bicyclic) bond motifs is 1. The molecule has 0 saturated heterocycles. The lowest BCUT2D eigenvalue weighted by atomic mass is 9.98. The fourth-order valence-corrected chi connectivity index (χ4v) is 4.09. The highest BCUT2D eigenvalue weighted by atomic mass is 35.5. The molecule has 1 aromatic heterocycles. The number of methoxy groups -OCH3 is 2. The second-order valence-corrected chi connectivity index (χ2v) is 8.12. The highest BCUT2D eigenvalue weighted by Gasteiger charge is 2.19. The van der Waals surface area contributed by atoms with Gasteiger partial charge in [0.1, 0.15) is 11.6 Å². The molecule has 0 radical (unpaired) electrons. The Labute approximate surface area is 188 Å². The molecule has 0 saturated carbocycles. The van der Waals surface area contributed by atoms with Crippen LogP contribution in [0.1, 0.15) is 35.4 Å². The first-order chi connectivity index (χ1) is 15.1. The Bertz CT molecular complexity index is 1170. The Morgan fingerprint density at radius 1 is 1.00 bits per heavy atom. The number of imidazole rings is 1. The Morgan fingerprint density at radius 2 is 1.77 bits per heavy atom. The van der Waals surface area contributed by atoms with Gasteiger partial charge in [-0.3, -0.25) is 0 Å². The van der Waals surface area contributed by atoms with E-state index in [-0.39, 0.29) is 5.92 Å². The molecule has 0 aliphatic rings. The number of benzene rings is 3. The second kappa shape index (κ2) is 9.54. The van der Waals surface area contributed by atoms with Gasteiger partial charge >= 0.3 is 0 Å². The van der Waals surface area contributed by atoms with Crippen molar-refractivity contribution < 1.29 is 9.47 Å². The van der Waals surface area contributed by atoms with Crippen molar-refractivity contribution >= 4 is 22.6 Å². The van der Waals surface area contributed by atoms with Crippen molar-refractivity contribution in [3.63, 3.8) is 0 Å². The summed E-state index contributed by atoms with van der Waals surface area (Å²) in [5, 5.41) is 0.763. The number of hydrogen-bond acceptors (Lipinski definition) is 3. The molecule has 4 aromatic rings. The van der Waals surface area contributed by atoms with E-state index in [0.717, 1.165) is 46.2 Å². The van der Waals surface area contributed by atoms with Crippen molar-refractivity contribution in [2.24, 2.45) is 0 Å². The van der Waals surface area contributed by atoms with E-state index in [9.17, 15) is 0 Å². The van der Waals surface area contributed by atoms with Crippen molar-refractivity contribution in [1.29, 1.82) is 0 Å². The first-order valence-electron chi connectivity index (χ1n) is 10.5. The van der Waals surface area contributed by atoms with Gasteiger partial charge in [0.05, 0.1) is 31.3 Å². The summed E-state index contributed by atoms with van der Waals surface area (Å²) in [5.41, 5.74) is 5.56. The third kappa shape index (κ3) is 4.60. The zero-order chi connectivity index (χ0) is 21.8. The van der Waals surface area contributed by atoms with Crippen LogP contribution in [0.5, 0.6) is 5.75 Å². The fourth-order valence-electron chi connectivity index (χ4n) is 3.89. The molecule has 0 N–H and O–H groups in total. The summed E-state index contributed by atoms with van der Waals surface area (Å²) in [7, 11) is 3.41. The topological polar surface area (TPSA) is 36.3 Å². The molecule has 0 aliphatic heterocycles. The smallest absolute Gasteiger partial charge is 0.121 e. The quantitative estimate of drug-likeness (QED) is 0.337. The lowest BCUT2D eigenvalue weighted by molar-refractivity contribution is 0.202. The molecule has 1 heterocycles. The molecule has 0 fully saturated rings. The zero-order valence-corrected chi connectivity index (χ0v) is 18.9. The Hall–Kier alpha value is -2.82. The molecular formula is C26H27ClN2O2. The normalized spacial score (nSPS) is 12.3. The van der Waals surface area contributed by atoms with E-state index in [4.69, 9.17) is 26.1 Å². The van der Waals surface area contributed by atoms with Gasteiger partial charge in [-0.15, -0.1) is 0 Å². The third-order valence-corrected chi connectivity index (χ3v) is 6.10. The van der Waals surface area contributed by atoms with Crippen LogP contribution in [0.4, 0.5) is 0 Å². The van der Waals surface area contributed by atoms with Gasteiger partial charge in [0, 0.05) is 24.1 Å². The van der Waals surface area contributed by atoms with Gasteiger partial charge < -0.3 is 14.0 Å². The molecule has 1 atom stereocenters. The third-order valence-electron chi connectivity index (χ3n) is 5.73. The minimum absolute atomic E-state index is 0.123. The maximum atomic E-state index is 6.48. The Kier molecular flexibility index (Phi) is 6.59. The number of hydrogen-bond donors (Lipinski definition) is 0. The predicted molar refractivity (Wildman–Crippen MR) is 126 cm³/mol. The highest BCUT2D eigenvalue weighted by molar-refractivity contribution is 6.31. The first kappa shape index (κ1) is 21.4. The van der Waals surface area contributed by atoms with E-state index in [0.29, 0.717) is 6.54 Å². The lowest BCUT2D eigenvalue weighted by Crippen LogP contribution is -2.10. The molecule has 3 aromatic carbocycles. The van der Waals surface area contributed by atoms with Crippen molar-refractivity contribution in [2.45, 2.75) is 25.8 Å². The van der Waals surface area contributed by atoms with Crippen LogP contribution >= 0.6 is 11.6 Å². The molecule has 160 valence electrons. The molecule has 31 heavy (non-hydrogen) atoms. The van der Waals surface area contributed by atoms with Crippen LogP contribution in [0.15, 0.2) is 66.7 Å². The minimum Gasteiger partial charge on any atom is -0.497 e. The molecule has 4 rings (SSSR count).